The monoisotopic (exact) mass is 339 g/mol. The number of nitrogens with one attached hydrogen (secondary N) is 1. The number of benzene rings is 2. The van der Waals surface area contributed by atoms with Crippen LogP contribution in [0.4, 0.5) is 0 Å². The van der Waals surface area contributed by atoms with E-state index in [-0.39, 0.29) is 22.8 Å². The van der Waals surface area contributed by atoms with Crippen molar-refractivity contribution in [2.45, 2.75) is 32.4 Å². The third-order valence-electron chi connectivity index (χ3n) is 3.88. The SMILES string of the molecule is CC(C)(C)NC=C1C(=O)c2ccccc2OC1c1ccc(O)cc1O. The highest BCUT2D eigenvalue weighted by atomic mass is 16.5. The molecule has 1 aliphatic heterocycles. The van der Waals surface area contributed by atoms with E-state index in [1.807, 2.05) is 20.8 Å². The molecule has 1 heterocycles. The molecule has 2 aromatic carbocycles. The molecule has 3 rings (SSSR count). The molecule has 0 bridgehead atoms. The topological polar surface area (TPSA) is 78.8 Å². The normalized spacial score (nSPS) is 18.6. The van der Waals surface area contributed by atoms with Gasteiger partial charge in [0.05, 0.1) is 11.1 Å². The molecule has 0 saturated heterocycles. The van der Waals surface area contributed by atoms with Gasteiger partial charge in [0.25, 0.3) is 0 Å². The zero-order chi connectivity index (χ0) is 18.2. The lowest BCUT2D eigenvalue weighted by Crippen LogP contribution is -2.34. The van der Waals surface area contributed by atoms with E-state index in [1.165, 1.54) is 12.1 Å². The summed E-state index contributed by atoms with van der Waals surface area (Å²) < 4.78 is 6.02. The summed E-state index contributed by atoms with van der Waals surface area (Å²) >= 11 is 0. The fourth-order valence-corrected chi connectivity index (χ4v) is 2.64. The van der Waals surface area contributed by atoms with Crippen molar-refractivity contribution in [1.82, 2.24) is 5.32 Å². The number of rotatable bonds is 2. The molecule has 2 aromatic rings. The van der Waals surface area contributed by atoms with E-state index in [4.69, 9.17) is 4.74 Å². The molecule has 0 aromatic heterocycles. The lowest BCUT2D eigenvalue weighted by Gasteiger charge is -2.29. The molecule has 130 valence electrons. The van der Waals surface area contributed by atoms with Crippen molar-refractivity contribution in [1.29, 1.82) is 0 Å². The maximum Gasteiger partial charge on any atom is 0.198 e. The van der Waals surface area contributed by atoms with E-state index in [9.17, 15) is 15.0 Å². The molecule has 5 heteroatoms. The largest absolute Gasteiger partial charge is 0.508 e. The third-order valence-corrected chi connectivity index (χ3v) is 3.88. The quantitative estimate of drug-likeness (QED) is 0.727. The van der Waals surface area contributed by atoms with E-state index in [2.05, 4.69) is 5.32 Å². The van der Waals surface area contributed by atoms with Crippen LogP contribution in [0.25, 0.3) is 0 Å². The Balaban J connectivity index is 2.11. The number of ether oxygens (including phenoxy) is 1. The van der Waals surface area contributed by atoms with Gasteiger partial charge < -0.3 is 20.3 Å². The smallest absolute Gasteiger partial charge is 0.198 e. The van der Waals surface area contributed by atoms with Gasteiger partial charge in [0.1, 0.15) is 17.2 Å². The minimum atomic E-state index is -0.766. The highest BCUT2D eigenvalue weighted by Crippen LogP contribution is 2.41. The fraction of sp³-hybridized carbons (Fsp3) is 0.250. The maximum atomic E-state index is 13.0. The molecule has 1 aliphatic rings. The molecular formula is C20H21NO4. The van der Waals surface area contributed by atoms with Crippen LogP contribution in [0, 0.1) is 0 Å². The van der Waals surface area contributed by atoms with Gasteiger partial charge >= 0.3 is 0 Å². The van der Waals surface area contributed by atoms with Crippen molar-refractivity contribution in [3.05, 3.63) is 65.4 Å². The molecule has 0 fully saturated rings. The van der Waals surface area contributed by atoms with Gasteiger partial charge in [0.2, 0.25) is 0 Å². The fourth-order valence-electron chi connectivity index (χ4n) is 2.64. The zero-order valence-electron chi connectivity index (χ0n) is 14.4. The highest BCUT2D eigenvalue weighted by Gasteiger charge is 2.34. The molecule has 5 nitrogen and oxygen atoms in total. The summed E-state index contributed by atoms with van der Waals surface area (Å²) in [6.45, 7) is 5.96. The number of aromatic hydroxyl groups is 2. The summed E-state index contributed by atoms with van der Waals surface area (Å²) in [4.78, 5) is 13.0. The van der Waals surface area contributed by atoms with Crippen LogP contribution in [0.3, 0.4) is 0 Å². The predicted octanol–water partition coefficient (Wildman–Crippen LogP) is 3.69. The van der Waals surface area contributed by atoms with E-state index < -0.39 is 6.10 Å². The number of fused-ring (bicyclic) bond motifs is 1. The van der Waals surface area contributed by atoms with Crippen molar-refractivity contribution < 1.29 is 19.7 Å². The minimum Gasteiger partial charge on any atom is -0.508 e. The van der Waals surface area contributed by atoms with Crippen LogP contribution in [0.15, 0.2) is 54.2 Å². The van der Waals surface area contributed by atoms with Gasteiger partial charge in [-0.15, -0.1) is 0 Å². The molecule has 0 radical (unpaired) electrons. The Morgan fingerprint density at radius 3 is 2.52 bits per heavy atom. The zero-order valence-corrected chi connectivity index (χ0v) is 14.4. The van der Waals surface area contributed by atoms with Crippen molar-refractivity contribution in [2.75, 3.05) is 0 Å². The lowest BCUT2D eigenvalue weighted by atomic mass is 9.91. The van der Waals surface area contributed by atoms with Crippen molar-refractivity contribution in [3.8, 4) is 17.2 Å². The maximum absolute atomic E-state index is 13.0. The number of carbonyl (C=O) groups excluding carboxylic acids is 1. The Bertz CT molecular complexity index is 849. The molecule has 0 amide bonds. The van der Waals surface area contributed by atoms with E-state index in [0.29, 0.717) is 22.4 Å². The van der Waals surface area contributed by atoms with E-state index >= 15 is 0 Å². The van der Waals surface area contributed by atoms with Crippen molar-refractivity contribution in [2.24, 2.45) is 0 Å². The number of ketones is 1. The molecule has 0 aliphatic carbocycles. The summed E-state index contributed by atoms with van der Waals surface area (Å²) in [6.07, 6.45) is 0.882. The second-order valence-corrected chi connectivity index (χ2v) is 7.06. The molecule has 0 spiro atoms. The Kier molecular flexibility index (Phi) is 4.17. The number of hydrogen-bond donors (Lipinski definition) is 3. The first kappa shape index (κ1) is 16.9. The average Bonchev–Trinajstić information content (AvgIpc) is 2.53. The van der Waals surface area contributed by atoms with Crippen LogP contribution in [-0.4, -0.2) is 21.5 Å². The minimum absolute atomic E-state index is 0.0536. The third kappa shape index (κ3) is 3.45. The predicted molar refractivity (Wildman–Crippen MR) is 94.9 cm³/mol. The summed E-state index contributed by atoms with van der Waals surface area (Å²) in [5.74, 6) is 0.134. The second kappa shape index (κ2) is 6.16. The Morgan fingerprint density at radius 2 is 1.84 bits per heavy atom. The summed E-state index contributed by atoms with van der Waals surface area (Å²) in [5, 5.41) is 22.9. The first-order valence-corrected chi connectivity index (χ1v) is 8.06. The van der Waals surface area contributed by atoms with Gasteiger partial charge in [-0.05, 0) is 45.0 Å². The first-order valence-electron chi connectivity index (χ1n) is 8.06. The number of para-hydroxylation sites is 1. The van der Waals surface area contributed by atoms with Crippen LogP contribution in [-0.2, 0) is 0 Å². The van der Waals surface area contributed by atoms with Crippen molar-refractivity contribution >= 4 is 5.78 Å². The number of carbonyl (C=O) groups is 1. The molecule has 25 heavy (non-hydrogen) atoms. The van der Waals surface area contributed by atoms with Crippen molar-refractivity contribution in [3.63, 3.8) is 0 Å². The average molecular weight is 339 g/mol. The number of phenolic OH excluding ortho intramolecular Hbond substituents is 2. The number of Topliss-reactive ketones (excluding diaryl/α,β-unsaturated/α-hetero) is 1. The van der Waals surface area contributed by atoms with Gasteiger partial charge in [-0.3, -0.25) is 4.79 Å². The van der Waals surface area contributed by atoms with Gasteiger partial charge in [-0.2, -0.15) is 0 Å². The van der Waals surface area contributed by atoms with Gasteiger partial charge in [0.15, 0.2) is 11.9 Å². The van der Waals surface area contributed by atoms with Gasteiger partial charge in [-0.1, -0.05) is 12.1 Å². The van der Waals surface area contributed by atoms with Crippen LogP contribution in [0.1, 0.15) is 42.8 Å². The van der Waals surface area contributed by atoms with Crippen LogP contribution >= 0.6 is 0 Å². The molecule has 0 saturated carbocycles. The molecule has 3 N–H and O–H groups in total. The summed E-state index contributed by atoms with van der Waals surface area (Å²) in [5.41, 5.74) is 1.07. The number of hydrogen-bond acceptors (Lipinski definition) is 5. The Hall–Kier alpha value is -2.95. The Morgan fingerprint density at radius 1 is 1.12 bits per heavy atom. The molecular weight excluding hydrogens is 318 g/mol. The van der Waals surface area contributed by atoms with Crippen LogP contribution in [0.2, 0.25) is 0 Å². The standard InChI is InChI=1S/C20H21NO4/c1-20(2,3)21-11-15-18(24)14-6-4-5-7-17(14)25-19(15)13-9-8-12(22)10-16(13)23/h4-11,19,21-23H,1-3H3. The summed E-state index contributed by atoms with van der Waals surface area (Å²) in [7, 11) is 0. The van der Waals surface area contributed by atoms with Crippen LogP contribution in [0.5, 0.6) is 17.2 Å². The van der Waals surface area contributed by atoms with E-state index in [0.717, 1.165) is 0 Å². The van der Waals surface area contributed by atoms with Gasteiger partial charge in [-0.25, -0.2) is 0 Å². The lowest BCUT2D eigenvalue weighted by molar-refractivity contribution is 0.0958. The molecule has 1 atom stereocenters. The Labute approximate surface area is 146 Å². The van der Waals surface area contributed by atoms with Crippen LogP contribution < -0.4 is 10.1 Å². The first-order chi connectivity index (χ1) is 11.8. The summed E-state index contributed by atoms with van der Waals surface area (Å²) in [6, 6.07) is 11.3. The number of phenols is 2. The van der Waals surface area contributed by atoms with Gasteiger partial charge in [0, 0.05) is 23.4 Å². The van der Waals surface area contributed by atoms with E-state index in [1.54, 1.807) is 36.5 Å². The molecule has 1 unspecified atom stereocenters. The highest BCUT2D eigenvalue weighted by molar-refractivity contribution is 6.12. The second-order valence-electron chi connectivity index (χ2n) is 7.06.